The zero-order valence-corrected chi connectivity index (χ0v) is 12.8. The molecular formula is C17H26N2O. The molecular weight excluding hydrogens is 248 g/mol. The van der Waals surface area contributed by atoms with Gasteiger partial charge < -0.3 is 5.32 Å². The maximum atomic E-state index is 12.0. The first kappa shape index (κ1) is 15.0. The number of carbonyl (C=O) groups is 1. The molecule has 1 aliphatic carbocycles. The van der Waals surface area contributed by atoms with Crippen molar-refractivity contribution in [2.75, 3.05) is 19.6 Å². The Hall–Kier alpha value is -1.35. The number of hydrogen-bond acceptors (Lipinski definition) is 2. The number of likely N-dealkylation sites (N-methyl/N-ethyl adjacent to an activating group) is 1. The topological polar surface area (TPSA) is 32.3 Å². The van der Waals surface area contributed by atoms with Crippen molar-refractivity contribution in [2.24, 2.45) is 11.8 Å². The lowest BCUT2D eigenvalue weighted by Gasteiger charge is -2.30. The summed E-state index contributed by atoms with van der Waals surface area (Å²) in [5.74, 6) is 1.05. The van der Waals surface area contributed by atoms with Crippen molar-refractivity contribution in [1.82, 2.24) is 10.2 Å². The number of amides is 1. The van der Waals surface area contributed by atoms with E-state index in [0.29, 0.717) is 12.5 Å². The van der Waals surface area contributed by atoms with Crippen molar-refractivity contribution in [3.05, 3.63) is 35.9 Å². The molecule has 1 fully saturated rings. The van der Waals surface area contributed by atoms with Crippen molar-refractivity contribution in [2.45, 2.75) is 33.2 Å². The highest BCUT2D eigenvalue weighted by atomic mass is 16.2. The summed E-state index contributed by atoms with van der Waals surface area (Å²) in [7, 11) is 0. The predicted octanol–water partition coefficient (Wildman–Crippen LogP) is 2.84. The zero-order valence-electron chi connectivity index (χ0n) is 12.8. The zero-order chi connectivity index (χ0) is 14.5. The molecule has 1 amide bonds. The molecule has 2 rings (SSSR count). The summed E-state index contributed by atoms with van der Waals surface area (Å²) in [6.45, 7) is 9.17. The van der Waals surface area contributed by atoms with Crippen LogP contribution in [0, 0.1) is 11.8 Å². The normalized spacial score (nSPS) is 22.6. The summed E-state index contributed by atoms with van der Waals surface area (Å²) < 4.78 is 0. The van der Waals surface area contributed by atoms with Gasteiger partial charge in [-0.1, -0.05) is 51.1 Å². The van der Waals surface area contributed by atoms with Gasteiger partial charge in [-0.2, -0.15) is 0 Å². The van der Waals surface area contributed by atoms with E-state index in [9.17, 15) is 4.79 Å². The highest BCUT2D eigenvalue weighted by Gasteiger charge is 2.39. The van der Waals surface area contributed by atoms with E-state index in [4.69, 9.17) is 0 Å². The fourth-order valence-electron chi connectivity index (χ4n) is 2.81. The smallest absolute Gasteiger partial charge is 0.223 e. The first-order valence-electron chi connectivity index (χ1n) is 7.74. The summed E-state index contributed by atoms with van der Waals surface area (Å²) in [5.41, 5.74) is 1.28. The highest BCUT2D eigenvalue weighted by Crippen LogP contribution is 2.37. The van der Waals surface area contributed by atoms with Gasteiger partial charge in [0.15, 0.2) is 0 Å². The van der Waals surface area contributed by atoms with E-state index in [-0.39, 0.29) is 17.9 Å². The van der Waals surface area contributed by atoms with Gasteiger partial charge in [-0.15, -0.1) is 0 Å². The van der Waals surface area contributed by atoms with Crippen LogP contribution < -0.4 is 5.32 Å². The Morgan fingerprint density at radius 3 is 2.40 bits per heavy atom. The number of rotatable bonds is 7. The number of hydrogen-bond donors (Lipinski definition) is 1. The molecule has 20 heavy (non-hydrogen) atoms. The minimum absolute atomic E-state index is 0.227. The molecule has 0 unspecified atom stereocenters. The molecule has 3 heteroatoms. The van der Waals surface area contributed by atoms with Crippen LogP contribution in [0.1, 0.15) is 38.8 Å². The van der Waals surface area contributed by atoms with Gasteiger partial charge in [0.25, 0.3) is 0 Å². The standard InChI is InChI=1S/C17H26N2O/c1-4-19(5-2)16(14-9-7-6-8-10-14)12-18-17(20)15-11-13(15)3/h6-10,13,15-16H,4-5,11-12H2,1-3H3,(H,18,20)/t13-,15+,16+/m0/s1. The molecule has 1 aliphatic rings. The first-order valence-corrected chi connectivity index (χ1v) is 7.74. The highest BCUT2D eigenvalue weighted by molar-refractivity contribution is 5.81. The molecule has 0 aromatic heterocycles. The molecule has 0 saturated heterocycles. The quantitative estimate of drug-likeness (QED) is 0.829. The number of carbonyl (C=O) groups excluding carboxylic acids is 1. The SMILES string of the molecule is CCN(CC)[C@H](CNC(=O)[C@@H]1C[C@@H]1C)c1ccccc1. The van der Waals surface area contributed by atoms with Crippen molar-refractivity contribution < 1.29 is 4.79 Å². The molecule has 1 aromatic rings. The molecule has 0 aliphatic heterocycles. The van der Waals surface area contributed by atoms with Crippen LogP contribution in [0.25, 0.3) is 0 Å². The Bertz CT molecular complexity index is 428. The largest absolute Gasteiger partial charge is 0.354 e. The van der Waals surface area contributed by atoms with Gasteiger partial charge in [0.05, 0.1) is 6.04 Å². The Balaban J connectivity index is 2.01. The van der Waals surface area contributed by atoms with E-state index >= 15 is 0 Å². The van der Waals surface area contributed by atoms with Gasteiger partial charge in [0, 0.05) is 12.5 Å². The van der Waals surface area contributed by atoms with E-state index in [1.165, 1.54) is 5.56 Å². The van der Waals surface area contributed by atoms with Gasteiger partial charge in [0.1, 0.15) is 0 Å². The van der Waals surface area contributed by atoms with Crippen LogP contribution in [0.3, 0.4) is 0 Å². The summed E-state index contributed by atoms with van der Waals surface area (Å²) in [6.07, 6.45) is 1.05. The molecule has 3 nitrogen and oxygen atoms in total. The molecule has 0 spiro atoms. The second-order valence-corrected chi connectivity index (χ2v) is 5.71. The molecule has 1 N–H and O–H groups in total. The predicted molar refractivity (Wildman–Crippen MR) is 82.4 cm³/mol. The molecule has 0 bridgehead atoms. The van der Waals surface area contributed by atoms with Crippen LogP contribution in [-0.4, -0.2) is 30.4 Å². The van der Waals surface area contributed by atoms with Crippen LogP contribution in [-0.2, 0) is 4.79 Å². The first-order chi connectivity index (χ1) is 9.67. The Kier molecular flexibility index (Phi) is 5.18. The second-order valence-electron chi connectivity index (χ2n) is 5.71. The molecule has 1 saturated carbocycles. The average Bonchev–Trinajstić information content (AvgIpc) is 3.21. The van der Waals surface area contributed by atoms with Crippen LogP contribution in [0.5, 0.6) is 0 Å². The van der Waals surface area contributed by atoms with Crippen molar-refractivity contribution in [3.63, 3.8) is 0 Å². The van der Waals surface area contributed by atoms with Crippen molar-refractivity contribution in [1.29, 1.82) is 0 Å². The Morgan fingerprint density at radius 1 is 1.30 bits per heavy atom. The molecule has 1 aromatic carbocycles. The van der Waals surface area contributed by atoms with E-state index in [2.05, 4.69) is 55.3 Å². The van der Waals surface area contributed by atoms with E-state index < -0.39 is 0 Å². The lowest BCUT2D eigenvalue weighted by molar-refractivity contribution is -0.122. The maximum absolute atomic E-state index is 12.0. The van der Waals surface area contributed by atoms with Crippen LogP contribution in [0.15, 0.2) is 30.3 Å². The van der Waals surface area contributed by atoms with Crippen molar-refractivity contribution in [3.8, 4) is 0 Å². The summed E-state index contributed by atoms with van der Waals surface area (Å²) in [5, 5.41) is 3.14. The second kappa shape index (κ2) is 6.89. The molecule has 0 heterocycles. The monoisotopic (exact) mass is 274 g/mol. The van der Waals surface area contributed by atoms with E-state index in [0.717, 1.165) is 19.5 Å². The fourth-order valence-corrected chi connectivity index (χ4v) is 2.81. The summed E-state index contributed by atoms with van der Waals surface area (Å²) in [4.78, 5) is 14.4. The average molecular weight is 274 g/mol. The van der Waals surface area contributed by atoms with Gasteiger partial charge in [0.2, 0.25) is 5.91 Å². The van der Waals surface area contributed by atoms with Gasteiger partial charge in [-0.25, -0.2) is 0 Å². The van der Waals surface area contributed by atoms with Crippen LogP contribution >= 0.6 is 0 Å². The minimum atomic E-state index is 0.227. The van der Waals surface area contributed by atoms with Crippen molar-refractivity contribution >= 4 is 5.91 Å². The third-order valence-corrected chi connectivity index (χ3v) is 4.35. The van der Waals surface area contributed by atoms with Crippen LogP contribution in [0.2, 0.25) is 0 Å². The van der Waals surface area contributed by atoms with Gasteiger partial charge in [-0.05, 0) is 31.0 Å². The molecule has 0 radical (unpaired) electrons. The summed E-state index contributed by atoms with van der Waals surface area (Å²) >= 11 is 0. The molecule has 3 atom stereocenters. The minimum Gasteiger partial charge on any atom is -0.354 e. The van der Waals surface area contributed by atoms with E-state index in [1.54, 1.807) is 0 Å². The van der Waals surface area contributed by atoms with Gasteiger partial charge in [-0.3, -0.25) is 9.69 Å². The molecule has 110 valence electrons. The fraction of sp³-hybridized carbons (Fsp3) is 0.588. The van der Waals surface area contributed by atoms with E-state index in [1.807, 2.05) is 6.07 Å². The lowest BCUT2D eigenvalue weighted by Crippen LogP contribution is -2.38. The third-order valence-electron chi connectivity index (χ3n) is 4.35. The third kappa shape index (κ3) is 3.60. The Morgan fingerprint density at radius 2 is 1.90 bits per heavy atom. The Labute approximate surface area is 122 Å². The number of nitrogens with one attached hydrogen (secondary N) is 1. The summed E-state index contributed by atoms with van der Waals surface area (Å²) in [6, 6.07) is 10.7. The lowest BCUT2D eigenvalue weighted by atomic mass is 10.0. The van der Waals surface area contributed by atoms with Crippen LogP contribution in [0.4, 0.5) is 0 Å². The van der Waals surface area contributed by atoms with Gasteiger partial charge >= 0.3 is 0 Å². The number of nitrogens with zero attached hydrogens (tertiary/aromatic N) is 1. The number of benzene rings is 1. The maximum Gasteiger partial charge on any atom is 0.223 e.